The highest BCUT2D eigenvalue weighted by Gasteiger charge is 2.04. The molecule has 0 fully saturated rings. The third-order valence-corrected chi connectivity index (χ3v) is 3.07. The summed E-state index contributed by atoms with van der Waals surface area (Å²) in [5, 5.41) is 3.27. The summed E-state index contributed by atoms with van der Waals surface area (Å²) in [6.45, 7) is 3.77. The first-order chi connectivity index (χ1) is 9.69. The molecule has 0 saturated heterocycles. The number of nitrogens with one attached hydrogen (secondary N) is 1. The van der Waals surface area contributed by atoms with Gasteiger partial charge in [-0.25, -0.2) is 9.37 Å². The Kier molecular flexibility index (Phi) is 4.93. The summed E-state index contributed by atoms with van der Waals surface area (Å²) in [7, 11) is 2.02. The summed E-state index contributed by atoms with van der Waals surface area (Å²) in [6, 6.07) is 10.6. The standard InChI is InChI=1S/C16H20FN3/c1-3-9-18-16-11-15(8-10-19-16)20(2)12-13-4-6-14(17)7-5-13/h4-8,10-11H,3,9,12H2,1-2H3,(H,18,19). The first kappa shape index (κ1) is 14.3. The molecule has 0 aliphatic heterocycles. The van der Waals surface area contributed by atoms with E-state index in [9.17, 15) is 4.39 Å². The molecule has 4 heteroatoms. The van der Waals surface area contributed by atoms with Crippen LogP contribution in [-0.4, -0.2) is 18.6 Å². The average molecular weight is 273 g/mol. The van der Waals surface area contributed by atoms with E-state index >= 15 is 0 Å². The fraction of sp³-hybridized carbons (Fsp3) is 0.312. The van der Waals surface area contributed by atoms with Crippen LogP contribution in [0.1, 0.15) is 18.9 Å². The summed E-state index contributed by atoms with van der Waals surface area (Å²) in [5.41, 5.74) is 2.16. The smallest absolute Gasteiger partial charge is 0.127 e. The predicted molar refractivity (Wildman–Crippen MR) is 81.5 cm³/mol. The highest BCUT2D eigenvalue weighted by atomic mass is 19.1. The summed E-state index contributed by atoms with van der Waals surface area (Å²) >= 11 is 0. The van der Waals surface area contributed by atoms with Gasteiger partial charge in [0.25, 0.3) is 0 Å². The van der Waals surface area contributed by atoms with Gasteiger partial charge in [0.05, 0.1) is 0 Å². The Morgan fingerprint density at radius 2 is 1.95 bits per heavy atom. The lowest BCUT2D eigenvalue weighted by atomic mass is 10.2. The van der Waals surface area contributed by atoms with E-state index in [1.807, 2.05) is 31.3 Å². The van der Waals surface area contributed by atoms with Crippen molar-refractivity contribution in [2.24, 2.45) is 0 Å². The van der Waals surface area contributed by atoms with E-state index in [1.54, 1.807) is 6.20 Å². The maximum Gasteiger partial charge on any atom is 0.127 e. The molecule has 1 aromatic carbocycles. The summed E-state index contributed by atoms with van der Waals surface area (Å²) in [5.74, 6) is 0.682. The van der Waals surface area contributed by atoms with Crippen LogP contribution in [0.25, 0.3) is 0 Å². The summed E-state index contributed by atoms with van der Waals surface area (Å²) < 4.78 is 12.9. The van der Waals surface area contributed by atoms with Gasteiger partial charge in [-0.3, -0.25) is 0 Å². The van der Waals surface area contributed by atoms with E-state index in [0.29, 0.717) is 0 Å². The number of halogens is 1. The van der Waals surface area contributed by atoms with Gasteiger partial charge in [0.1, 0.15) is 11.6 Å². The monoisotopic (exact) mass is 273 g/mol. The zero-order chi connectivity index (χ0) is 14.4. The van der Waals surface area contributed by atoms with Crippen molar-refractivity contribution in [2.45, 2.75) is 19.9 Å². The molecule has 0 saturated carbocycles. The summed E-state index contributed by atoms with van der Waals surface area (Å²) in [4.78, 5) is 6.41. The van der Waals surface area contributed by atoms with Crippen LogP contribution in [-0.2, 0) is 6.54 Å². The Hall–Kier alpha value is -2.10. The third kappa shape index (κ3) is 3.95. The topological polar surface area (TPSA) is 28.2 Å². The molecule has 2 rings (SSSR count). The lowest BCUT2D eigenvalue weighted by Crippen LogP contribution is -2.16. The molecule has 2 aromatic rings. The number of nitrogens with zero attached hydrogens (tertiary/aromatic N) is 2. The van der Waals surface area contributed by atoms with Crippen molar-refractivity contribution >= 4 is 11.5 Å². The van der Waals surface area contributed by atoms with Gasteiger partial charge in [0.15, 0.2) is 0 Å². The minimum atomic E-state index is -0.202. The van der Waals surface area contributed by atoms with Crippen LogP contribution in [0.5, 0.6) is 0 Å². The lowest BCUT2D eigenvalue weighted by molar-refractivity contribution is 0.627. The molecule has 1 aromatic heterocycles. The van der Waals surface area contributed by atoms with Gasteiger partial charge in [-0.05, 0) is 30.2 Å². The zero-order valence-electron chi connectivity index (χ0n) is 11.9. The minimum absolute atomic E-state index is 0.202. The van der Waals surface area contributed by atoms with Gasteiger partial charge in [-0.2, -0.15) is 0 Å². The van der Waals surface area contributed by atoms with E-state index in [1.165, 1.54) is 12.1 Å². The Morgan fingerprint density at radius 3 is 2.65 bits per heavy atom. The fourth-order valence-corrected chi connectivity index (χ4v) is 1.96. The molecule has 0 aliphatic carbocycles. The van der Waals surface area contributed by atoms with Crippen LogP contribution >= 0.6 is 0 Å². The first-order valence-corrected chi connectivity index (χ1v) is 6.84. The second-order valence-corrected chi connectivity index (χ2v) is 4.81. The predicted octanol–water partition coefficient (Wildman–Crippen LogP) is 3.68. The average Bonchev–Trinajstić information content (AvgIpc) is 2.48. The molecule has 106 valence electrons. The van der Waals surface area contributed by atoms with Crippen LogP contribution in [0, 0.1) is 5.82 Å². The van der Waals surface area contributed by atoms with Crippen LogP contribution in [0.3, 0.4) is 0 Å². The Labute approximate surface area is 119 Å². The van der Waals surface area contributed by atoms with Gasteiger partial charge in [0.2, 0.25) is 0 Å². The molecule has 0 spiro atoms. The molecular weight excluding hydrogens is 253 g/mol. The van der Waals surface area contributed by atoms with Gasteiger partial charge in [-0.1, -0.05) is 19.1 Å². The molecule has 1 heterocycles. The SMILES string of the molecule is CCCNc1cc(N(C)Cc2ccc(F)cc2)ccn1. The maximum atomic E-state index is 12.9. The normalized spacial score (nSPS) is 10.3. The zero-order valence-corrected chi connectivity index (χ0v) is 11.9. The van der Waals surface area contributed by atoms with Gasteiger partial charge in [-0.15, -0.1) is 0 Å². The number of hydrogen-bond donors (Lipinski definition) is 1. The summed E-state index contributed by atoms with van der Waals surface area (Å²) in [6.07, 6.45) is 2.87. The van der Waals surface area contributed by atoms with Gasteiger partial charge in [0, 0.05) is 38.1 Å². The van der Waals surface area contributed by atoms with Crippen molar-refractivity contribution in [1.29, 1.82) is 0 Å². The van der Waals surface area contributed by atoms with Gasteiger partial charge >= 0.3 is 0 Å². The van der Waals surface area contributed by atoms with E-state index < -0.39 is 0 Å². The van der Waals surface area contributed by atoms with Crippen molar-refractivity contribution in [3.8, 4) is 0 Å². The molecule has 0 radical (unpaired) electrons. The van der Waals surface area contributed by atoms with Crippen molar-refractivity contribution in [2.75, 3.05) is 23.8 Å². The van der Waals surface area contributed by atoms with Crippen LogP contribution < -0.4 is 10.2 Å². The molecule has 3 nitrogen and oxygen atoms in total. The van der Waals surface area contributed by atoms with E-state index in [-0.39, 0.29) is 5.82 Å². The number of pyridine rings is 1. The molecule has 0 bridgehead atoms. The molecule has 0 atom stereocenters. The van der Waals surface area contributed by atoms with Crippen LogP contribution in [0.2, 0.25) is 0 Å². The third-order valence-electron chi connectivity index (χ3n) is 3.07. The minimum Gasteiger partial charge on any atom is -0.370 e. The fourth-order valence-electron chi connectivity index (χ4n) is 1.96. The largest absolute Gasteiger partial charge is 0.370 e. The second-order valence-electron chi connectivity index (χ2n) is 4.81. The molecule has 0 aliphatic rings. The molecule has 20 heavy (non-hydrogen) atoms. The number of aromatic nitrogens is 1. The second kappa shape index (κ2) is 6.89. The highest BCUT2D eigenvalue weighted by Crippen LogP contribution is 2.18. The molecule has 0 unspecified atom stereocenters. The molecule has 1 N–H and O–H groups in total. The maximum absolute atomic E-state index is 12.9. The highest BCUT2D eigenvalue weighted by molar-refractivity contribution is 5.53. The van der Waals surface area contributed by atoms with Crippen LogP contribution in [0.4, 0.5) is 15.9 Å². The van der Waals surface area contributed by atoms with Crippen molar-refractivity contribution in [3.63, 3.8) is 0 Å². The van der Waals surface area contributed by atoms with Crippen molar-refractivity contribution in [1.82, 2.24) is 4.98 Å². The first-order valence-electron chi connectivity index (χ1n) is 6.84. The van der Waals surface area contributed by atoms with E-state index in [0.717, 1.165) is 36.6 Å². The Morgan fingerprint density at radius 1 is 1.20 bits per heavy atom. The number of benzene rings is 1. The van der Waals surface area contributed by atoms with Crippen molar-refractivity contribution in [3.05, 3.63) is 54.0 Å². The molecular formula is C16H20FN3. The quantitative estimate of drug-likeness (QED) is 0.870. The van der Waals surface area contributed by atoms with E-state index in [2.05, 4.69) is 22.1 Å². The lowest BCUT2D eigenvalue weighted by Gasteiger charge is -2.20. The Balaban J connectivity index is 2.04. The van der Waals surface area contributed by atoms with Gasteiger partial charge < -0.3 is 10.2 Å². The number of anilines is 2. The Bertz CT molecular complexity index is 540. The van der Waals surface area contributed by atoms with Crippen molar-refractivity contribution < 1.29 is 4.39 Å². The molecule has 0 amide bonds. The number of hydrogen-bond acceptors (Lipinski definition) is 3. The van der Waals surface area contributed by atoms with Crippen LogP contribution in [0.15, 0.2) is 42.6 Å². The van der Waals surface area contributed by atoms with E-state index in [4.69, 9.17) is 0 Å². The number of rotatable bonds is 6.